The molecule has 124 valence electrons. The van der Waals surface area contributed by atoms with Crippen molar-refractivity contribution in [3.05, 3.63) is 29.8 Å². The van der Waals surface area contributed by atoms with Gasteiger partial charge in [-0.05, 0) is 25.0 Å². The van der Waals surface area contributed by atoms with Crippen LogP contribution in [0.1, 0.15) is 24.8 Å². The maximum atomic E-state index is 13.1. The summed E-state index contributed by atoms with van der Waals surface area (Å²) in [6, 6.07) is 4.99. The Kier molecular flexibility index (Phi) is 4.04. The number of carbonyl (C=O) groups is 2. The molecule has 0 bridgehead atoms. The Hall–Kier alpha value is -2.05. The topological polar surface area (TPSA) is 40.6 Å². The summed E-state index contributed by atoms with van der Waals surface area (Å²) >= 11 is 0. The van der Waals surface area contributed by atoms with Crippen LogP contribution in [-0.4, -0.2) is 36.3 Å². The Labute approximate surface area is 131 Å². The molecule has 1 atom stereocenters. The number of likely N-dealkylation sites (tertiary alicyclic amines) is 1. The van der Waals surface area contributed by atoms with Crippen LogP contribution in [0, 0.1) is 5.92 Å². The number of nitrogens with zero attached hydrogens (tertiary/aromatic N) is 2. The van der Waals surface area contributed by atoms with Crippen LogP contribution in [0.25, 0.3) is 0 Å². The minimum absolute atomic E-state index is 0.0151. The van der Waals surface area contributed by atoms with Gasteiger partial charge < -0.3 is 9.80 Å². The minimum Gasteiger partial charge on any atom is -0.342 e. The zero-order chi connectivity index (χ0) is 16.6. The van der Waals surface area contributed by atoms with Gasteiger partial charge in [0.2, 0.25) is 11.8 Å². The van der Waals surface area contributed by atoms with Gasteiger partial charge in [0.15, 0.2) is 0 Å². The van der Waals surface area contributed by atoms with E-state index < -0.39 is 23.6 Å². The molecule has 0 spiro atoms. The van der Waals surface area contributed by atoms with E-state index in [2.05, 4.69) is 0 Å². The maximum absolute atomic E-state index is 13.1. The Morgan fingerprint density at radius 2 is 1.78 bits per heavy atom. The number of para-hydroxylation sites is 1. The number of hydrogen-bond donors (Lipinski definition) is 0. The number of alkyl halides is 3. The molecule has 4 nitrogen and oxygen atoms in total. The van der Waals surface area contributed by atoms with Gasteiger partial charge in [-0.15, -0.1) is 0 Å². The fourth-order valence-corrected chi connectivity index (χ4v) is 3.25. The summed E-state index contributed by atoms with van der Waals surface area (Å²) in [6.07, 6.45) is -2.69. The molecule has 0 saturated carbocycles. The van der Waals surface area contributed by atoms with E-state index in [4.69, 9.17) is 0 Å². The van der Waals surface area contributed by atoms with Crippen LogP contribution in [-0.2, 0) is 15.8 Å². The molecule has 2 saturated heterocycles. The number of amides is 2. The molecule has 1 unspecified atom stereocenters. The number of rotatable bonds is 2. The van der Waals surface area contributed by atoms with Gasteiger partial charge in [0, 0.05) is 26.1 Å². The first-order valence-corrected chi connectivity index (χ1v) is 7.63. The first kappa shape index (κ1) is 15.8. The second-order valence-electron chi connectivity index (χ2n) is 5.95. The second kappa shape index (κ2) is 5.86. The molecule has 2 heterocycles. The van der Waals surface area contributed by atoms with Crippen molar-refractivity contribution in [1.29, 1.82) is 0 Å². The highest BCUT2D eigenvalue weighted by Gasteiger charge is 2.41. The maximum Gasteiger partial charge on any atom is 0.418 e. The van der Waals surface area contributed by atoms with Crippen LogP contribution in [0.5, 0.6) is 0 Å². The molecule has 7 heteroatoms. The van der Waals surface area contributed by atoms with Crippen molar-refractivity contribution in [2.75, 3.05) is 24.5 Å². The summed E-state index contributed by atoms with van der Waals surface area (Å²) in [7, 11) is 0. The van der Waals surface area contributed by atoms with E-state index >= 15 is 0 Å². The fraction of sp³-hybridized carbons (Fsp3) is 0.500. The van der Waals surface area contributed by atoms with Crippen LogP contribution in [0.2, 0.25) is 0 Å². The van der Waals surface area contributed by atoms with E-state index in [1.807, 2.05) is 0 Å². The van der Waals surface area contributed by atoms with Gasteiger partial charge in [-0.25, -0.2) is 0 Å². The monoisotopic (exact) mass is 326 g/mol. The highest BCUT2D eigenvalue weighted by Crippen LogP contribution is 2.38. The lowest BCUT2D eigenvalue weighted by Crippen LogP contribution is -2.35. The van der Waals surface area contributed by atoms with E-state index in [-0.39, 0.29) is 24.6 Å². The summed E-state index contributed by atoms with van der Waals surface area (Å²) in [5.41, 5.74) is -1.01. The van der Waals surface area contributed by atoms with Gasteiger partial charge >= 0.3 is 6.18 Å². The van der Waals surface area contributed by atoms with E-state index in [0.29, 0.717) is 13.1 Å². The first-order chi connectivity index (χ1) is 10.9. The Bertz CT molecular complexity index is 624. The van der Waals surface area contributed by atoms with Crippen molar-refractivity contribution >= 4 is 17.5 Å². The number of hydrogen-bond acceptors (Lipinski definition) is 2. The van der Waals surface area contributed by atoms with Crippen molar-refractivity contribution in [3.63, 3.8) is 0 Å². The Morgan fingerprint density at radius 3 is 2.43 bits per heavy atom. The van der Waals surface area contributed by atoms with Gasteiger partial charge in [-0.2, -0.15) is 13.2 Å². The molecule has 23 heavy (non-hydrogen) atoms. The van der Waals surface area contributed by atoms with Crippen LogP contribution < -0.4 is 4.90 Å². The minimum atomic E-state index is -4.53. The lowest BCUT2D eigenvalue weighted by atomic mass is 10.1. The number of anilines is 1. The van der Waals surface area contributed by atoms with Crippen molar-refractivity contribution in [2.45, 2.75) is 25.4 Å². The highest BCUT2D eigenvalue weighted by molar-refractivity contribution is 6.00. The Morgan fingerprint density at radius 1 is 1.13 bits per heavy atom. The summed E-state index contributed by atoms with van der Waals surface area (Å²) in [5, 5.41) is 0. The molecule has 0 N–H and O–H groups in total. The molecule has 1 aromatic rings. The summed E-state index contributed by atoms with van der Waals surface area (Å²) in [6.45, 7) is 1.35. The number of halogens is 3. The SMILES string of the molecule is O=C(C1CC(=O)N(c2ccccc2C(F)(F)F)C1)N1CCCC1. The lowest BCUT2D eigenvalue weighted by Gasteiger charge is -2.22. The molecule has 3 rings (SSSR count). The summed E-state index contributed by atoms with van der Waals surface area (Å²) in [4.78, 5) is 27.4. The lowest BCUT2D eigenvalue weighted by molar-refractivity contribution is -0.137. The Balaban J connectivity index is 1.82. The molecule has 0 aromatic heterocycles. The van der Waals surface area contributed by atoms with Crippen LogP contribution in [0.3, 0.4) is 0 Å². The van der Waals surface area contributed by atoms with E-state index in [9.17, 15) is 22.8 Å². The molecule has 0 aliphatic carbocycles. The van der Waals surface area contributed by atoms with E-state index in [1.165, 1.54) is 18.2 Å². The standard InChI is InChI=1S/C16H17F3N2O2/c17-16(18,19)12-5-1-2-6-13(12)21-10-11(9-14(21)22)15(23)20-7-3-4-8-20/h1-2,5-6,11H,3-4,7-10H2. The molecule has 2 fully saturated rings. The average molecular weight is 326 g/mol. The zero-order valence-corrected chi connectivity index (χ0v) is 12.5. The van der Waals surface area contributed by atoms with Crippen LogP contribution >= 0.6 is 0 Å². The van der Waals surface area contributed by atoms with E-state index in [1.54, 1.807) is 4.90 Å². The third-order valence-electron chi connectivity index (χ3n) is 4.39. The van der Waals surface area contributed by atoms with Gasteiger partial charge in [-0.3, -0.25) is 9.59 Å². The quantitative estimate of drug-likeness (QED) is 0.838. The molecule has 2 amide bonds. The van der Waals surface area contributed by atoms with Crippen LogP contribution in [0.15, 0.2) is 24.3 Å². The predicted octanol–water partition coefficient (Wildman–Crippen LogP) is 2.68. The predicted molar refractivity (Wildman–Crippen MR) is 77.7 cm³/mol. The van der Waals surface area contributed by atoms with Gasteiger partial charge in [0.1, 0.15) is 0 Å². The zero-order valence-electron chi connectivity index (χ0n) is 12.5. The molecule has 2 aliphatic heterocycles. The largest absolute Gasteiger partial charge is 0.418 e. The van der Waals surface area contributed by atoms with E-state index in [0.717, 1.165) is 23.8 Å². The number of benzene rings is 1. The number of carbonyl (C=O) groups excluding carboxylic acids is 2. The summed E-state index contributed by atoms with van der Waals surface area (Å²) in [5.74, 6) is -1.11. The van der Waals surface area contributed by atoms with Crippen molar-refractivity contribution in [3.8, 4) is 0 Å². The smallest absolute Gasteiger partial charge is 0.342 e. The molecule has 0 radical (unpaired) electrons. The van der Waals surface area contributed by atoms with Crippen molar-refractivity contribution in [2.24, 2.45) is 5.92 Å². The first-order valence-electron chi connectivity index (χ1n) is 7.63. The average Bonchev–Trinajstić information content (AvgIpc) is 3.15. The van der Waals surface area contributed by atoms with Gasteiger partial charge in [0.05, 0.1) is 17.2 Å². The third kappa shape index (κ3) is 3.04. The summed E-state index contributed by atoms with van der Waals surface area (Å²) < 4.78 is 39.4. The fourth-order valence-electron chi connectivity index (χ4n) is 3.25. The molecular formula is C16H17F3N2O2. The molecule has 1 aromatic carbocycles. The second-order valence-corrected chi connectivity index (χ2v) is 5.95. The highest BCUT2D eigenvalue weighted by atomic mass is 19.4. The van der Waals surface area contributed by atoms with Crippen LogP contribution in [0.4, 0.5) is 18.9 Å². The third-order valence-corrected chi connectivity index (χ3v) is 4.39. The van der Waals surface area contributed by atoms with Crippen molar-refractivity contribution < 1.29 is 22.8 Å². The van der Waals surface area contributed by atoms with Gasteiger partial charge in [0.25, 0.3) is 0 Å². The van der Waals surface area contributed by atoms with Crippen molar-refractivity contribution in [1.82, 2.24) is 4.90 Å². The molecular weight excluding hydrogens is 309 g/mol. The normalized spacial score (nSPS) is 22.0. The molecule has 2 aliphatic rings. The van der Waals surface area contributed by atoms with Gasteiger partial charge in [-0.1, -0.05) is 12.1 Å².